The summed E-state index contributed by atoms with van der Waals surface area (Å²) in [5.41, 5.74) is 0.0511. The van der Waals surface area contributed by atoms with E-state index < -0.39 is 24.4 Å². The summed E-state index contributed by atoms with van der Waals surface area (Å²) in [5.74, 6) is -0.784. The number of rotatable bonds is 9. The van der Waals surface area contributed by atoms with Crippen molar-refractivity contribution in [3.63, 3.8) is 0 Å². The van der Waals surface area contributed by atoms with Gasteiger partial charge in [0.15, 0.2) is 12.3 Å². The maximum Gasteiger partial charge on any atom is 0.435 e. The van der Waals surface area contributed by atoms with Crippen molar-refractivity contribution < 1.29 is 27.8 Å². The first kappa shape index (κ1) is 25.4. The zero-order valence-electron chi connectivity index (χ0n) is 18.6. The molecule has 0 aliphatic carbocycles. The maximum absolute atomic E-state index is 13.2. The van der Waals surface area contributed by atoms with Gasteiger partial charge in [0.05, 0.1) is 10.7 Å². The molecule has 3 rings (SSSR count). The number of alkyl halides is 3. The summed E-state index contributed by atoms with van der Waals surface area (Å²) in [4.78, 5) is 14.5. The summed E-state index contributed by atoms with van der Waals surface area (Å²) in [6.07, 6.45) is -4.71. The van der Waals surface area contributed by atoms with E-state index in [2.05, 4.69) is 15.3 Å². The molecule has 11 heteroatoms. The van der Waals surface area contributed by atoms with E-state index >= 15 is 0 Å². The molecule has 0 atom stereocenters. The number of anilines is 1. The van der Waals surface area contributed by atoms with E-state index in [9.17, 15) is 23.1 Å². The third kappa shape index (κ3) is 6.21. The lowest BCUT2D eigenvalue weighted by Crippen LogP contribution is -2.23. The minimum Gasteiger partial charge on any atom is -0.508 e. The van der Waals surface area contributed by atoms with Gasteiger partial charge >= 0.3 is 6.18 Å². The average molecular weight is 497 g/mol. The predicted octanol–water partition coefficient (Wildman–Crippen LogP) is 5.11. The number of benzene rings is 2. The minimum absolute atomic E-state index is 0.101. The second kappa shape index (κ2) is 10.8. The summed E-state index contributed by atoms with van der Waals surface area (Å²) >= 11 is 6.11. The fourth-order valence-electron chi connectivity index (χ4n) is 3.22. The number of para-hydroxylation sites is 1. The van der Waals surface area contributed by atoms with Crippen LogP contribution in [0.3, 0.4) is 0 Å². The van der Waals surface area contributed by atoms with Gasteiger partial charge in [-0.1, -0.05) is 37.6 Å². The lowest BCUT2D eigenvalue weighted by atomic mass is 10.1. The van der Waals surface area contributed by atoms with Crippen molar-refractivity contribution in [2.75, 3.05) is 25.0 Å². The fourth-order valence-corrected chi connectivity index (χ4v) is 3.43. The topological polar surface area (TPSA) is 79.6 Å². The summed E-state index contributed by atoms with van der Waals surface area (Å²) in [7, 11) is 0. The van der Waals surface area contributed by atoms with Crippen LogP contribution in [0.4, 0.5) is 18.9 Å². The first-order valence-electron chi connectivity index (χ1n) is 10.5. The lowest BCUT2D eigenvalue weighted by Gasteiger charge is -2.19. The number of amides is 1. The number of hydrogen-bond donors (Lipinski definition) is 2. The van der Waals surface area contributed by atoms with E-state index in [4.69, 9.17) is 16.3 Å². The fraction of sp³-hybridized carbons (Fsp3) is 0.304. The molecule has 182 valence electrons. The van der Waals surface area contributed by atoms with Gasteiger partial charge in [0.2, 0.25) is 5.88 Å². The molecule has 0 saturated heterocycles. The highest BCUT2D eigenvalue weighted by atomic mass is 35.5. The standard InChI is InChI=1S/C23H24ClF3N4O3/c1-3-30(4-2)13-15-11-16(9-10-19(15)32)28-21(33)14-34-22-12-20(23(25,26)27)29-31(22)18-8-6-5-7-17(18)24/h5-12,32H,3-4,13-14H2,1-2H3,(H,28,33). The Labute approximate surface area is 199 Å². The van der Waals surface area contributed by atoms with E-state index in [1.54, 1.807) is 18.2 Å². The molecule has 0 bridgehead atoms. The van der Waals surface area contributed by atoms with Crippen molar-refractivity contribution in [3.05, 3.63) is 64.8 Å². The molecule has 0 fully saturated rings. The van der Waals surface area contributed by atoms with Crippen LogP contribution in [-0.2, 0) is 17.5 Å². The summed E-state index contributed by atoms with van der Waals surface area (Å²) in [5, 5.41) is 16.5. The highest BCUT2D eigenvalue weighted by Crippen LogP contribution is 2.33. The van der Waals surface area contributed by atoms with E-state index in [0.717, 1.165) is 17.8 Å². The molecule has 1 aromatic heterocycles. The number of carbonyl (C=O) groups is 1. The highest BCUT2D eigenvalue weighted by molar-refractivity contribution is 6.32. The molecule has 2 aromatic carbocycles. The molecular weight excluding hydrogens is 473 g/mol. The van der Waals surface area contributed by atoms with Crippen LogP contribution < -0.4 is 10.1 Å². The van der Waals surface area contributed by atoms with Crippen LogP contribution in [0.5, 0.6) is 11.6 Å². The number of carbonyl (C=O) groups excluding carboxylic acids is 1. The van der Waals surface area contributed by atoms with Crippen LogP contribution in [0.2, 0.25) is 5.02 Å². The number of aromatic hydroxyl groups is 1. The van der Waals surface area contributed by atoms with Gasteiger partial charge in [-0.2, -0.15) is 23.0 Å². The number of halogens is 4. The van der Waals surface area contributed by atoms with Gasteiger partial charge in [-0.15, -0.1) is 0 Å². The zero-order chi connectivity index (χ0) is 24.9. The number of phenols is 1. The van der Waals surface area contributed by atoms with Gasteiger partial charge < -0.3 is 15.2 Å². The van der Waals surface area contributed by atoms with Crippen molar-refractivity contribution in [1.29, 1.82) is 0 Å². The minimum atomic E-state index is -4.71. The number of nitrogens with one attached hydrogen (secondary N) is 1. The molecule has 1 amide bonds. The van der Waals surface area contributed by atoms with Crippen LogP contribution >= 0.6 is 11.6 Å². The van der Waals surface area contributed by atoms with Crippen LogP contribution in [0, 0.1) is 0 Å². The van der Waals surface area contributed by atoms with Gasteiger partial charge in [-0.25, -0.2) is 0 Å². The first-order valence-corrected chi connectivity index (χ1v) is 10.9. The van der Waals surface area contributed by atoms with Crippen LogP contribution in [0.1, 0.15) is 25.1 Å². The molecule has 0 radical (unpaired) electrons. The van der Waals surface area contributed by atoms with Crippen molar-refractivity contribution in [2.45, 2.75) is 26.6 Å². The Kier molecular flexibility index (Phi) is 8.06. The van der Waals surface area contributed by atoms with Crippen molar-refractivity contribution >= 4 is 23.2 Å². The molecule has 2 N–H and O–H groups in total. The molecule has 0 unspecified atom stereocenters. The van der Waals surface area contributed by atoms with Gasteiger partial charge in [-0.3, -0.25) is 9.69 Å². The molecule has 7 nitrogen and oxygen atoms in total. The van der Waals surface area contributed by atoms with E-state index in [0.29, 0.717) is 23.9 Å². The molecule has 34 heavy (non-hydrogen) atoms. The van der Waals surface area contributed by atoms with Crippen molar-refractivity contribution in [3.8, 4) is 17.3 Å². The van der Waals surface area contributed by atoms with Gasteiger partial charge in [0.25, 0.3) is 5.91 Å². The zero-order valence-corrected chi connectivity index (χ0v) is 19.3. The van der Waals surface area contributed by atoms with E-state index in [-0.39, 0.29) is 22.3 Å². The van der Waals surface area contributed by atoms with Crippen molar-refractivity contribution in [2.24, 2.45) is 0 Å². The number of phenolic OH excluding ortho intramolecular Hbond substituents is 1. The Morgan fingerprint density at radius 2 is 1.88 bits per heavy atom. The normalized spacial score (nSPS) is 11.6. The van der Waals surface area contributed by atoms with Gasteiger partial charge in [0, 0.05) is 23.9 Å². The van der Waals surface area contributed by atoms with E-state index in [1.807, 2.05) is 13.8 Å². The van der Waals surface area contributed by atoms with Gasteiger partial charge in [-0.05, 0) is 43.4 Å². The number of aromatic nitrogens is 2. The highest BCUT2D eigenvalue weighted by Gasteiger charge is 2.36. The average Bonchev–Trinajstić information content (AvgIpc) is 3.23. The molecule has 0 aliphatic heterocycles. The third-order valence-electron chi connectivity index (χ3n) is 5.05. The number of ether oxygens (including phenoxy) is 1. The smallest absolute Gasteiger partial charge is 0.435 e. The van der Waals surface area contributed by atoms with Crippen LogP contribution in [0.15, 0.2) is 48.5 Å². The molecule has 0 spiro atoms. The summed E-state index contributed by atoms with van der Waals surface area (Å²) in [6, 6.07) is 11.5. The lowest BCUT2D eigenvalue weighted by molar-refractivity contribution is -0.141. The SMILES string of the molecule is CCN(CC)Cc1cc(NC(=O)COc2cc(C(F)(F)F)nn2-c2ccccc2Cl)ccc1O. The predicted molar refractivity (Wildman–Crippen MR) is 122 cm³/mol. The first-order chi connectivity index (χ1) is 16.1. The number of hydrogen-bond acceptors (Lipinski definition) is 5. The maximum atomic E-state index is 13.2. The molecule has 1 heterocycles. The second-order valence-corrected chi connectivity index (χ2v) is 7.78. The third-order valence-corrected chi connectivity index (χ3v) is 5.37. The molecule has 0 aliphatic rings. The van der Waals surface area contributed by atoms with Gasteiger partial charge in [0.1, 0.15) is 5.75 Å². The second-order valence-electron chi connectivity index (χ2n) is 7.37. The number of nitrogens with zero attached hydrogens (tertiary/aromatic N) is 3. The quantitative estimate of drug-likeness (QED) is 0.402. The monoisotopic (exact) mass is 496 g/mol. The Balaban J connectivity index is 1.75. The molecule has 0 saturated carbocycles. The van der Waals surface area contributed by atoms with Crippen molar-refractivity contribution in [1.82, 2.24) is 14.7 Å². The van der Waals surface area contributed by atoms with E-state index in [1.165, 1.54) is 24.3 Å². The van der Waals surface area contributed by atoms with Crippen LogP contribution in [-0.4, -0.2) is 45.4 Å². The Morgan fingerprint density at radius 3 is 2.53 bits per heavy atom. The molecular formula is C23H24ClF3N4O3. The Morgan fingerprint density at radius 1 is 1.18 bits per heavy atom. The Bertz CT molecular complexity index is 1150. The Hall–Kier alpha value is -3.24. The largest absolute Gasteiger partial charge is 0.508 e. The van der Waals surface area contributed by atoms with Crippen LogP contribution in [0.25, 0.3) is 5.69 Å². The summed E-state index contributed by atoms with van der Waals surface area (Å²) in [6.45, 7) is 5.51. The molecule has 3 aromatic rings. The summed E-state index contributed by atoms with van der Waals surface area (Å²) < 4.78 is 46.0.